The fourth-order valence-corrected chi connectivity index (χ4v) is 3.65. The van der Waals surface area contributed by atoms with Crippen molar-refractivity contribution in [3.63, 3.8) is 0 Å². The molecule has 9 heteroatoms. The topological polar surface area (TPSA) is 82.1 Å². The fraction of sp³-hybridized carbons (Fsp3) is 0.364. The molecule has 0 spiro atoms. The Morgan fingerprint density at radius 3 is 2.61 bits per heavy atom. The van der Waals surface area contributed by atoms with Crippen molar-refractivity contribution >= 4 is 40.7 Å². The smallest absolute Gasteiger partial charge is 0.236 e. The van der Waals surface area contributed by atoms with Crippen molar-refractivity contribution in [1.29, 1.82) is 0 Å². The Bertz CT molecular complexity index is 937. The quantitative estimate of drug-likeness (QED) is 0.457. The number of piperazine rings is 1. The highest BCUT2D eigenvalue weighted by atomic mass is 35.5. The van der Waals surface area contributed by atoms with E-state index >= 15 is 0 Å². The standard InChI is InChI=1S/C22H25Cl2N3O4/c1-15(28)25-19-11-18(24)20(29)12-21(19)31-10-2-7-27-9-8-26(14-22(27)30)13-16-3-5-17(23)6-4-16/h3-6,11-12,29H,2,7-10,13-14H2,1H3,(H,25,28). The normalized spacial score (nSPS) is 14.5. The molecular weight excluding hydrogens is 441 g/mol. The van der Waals surface area contributed by atoms with Crippen LogP contribution >= 0.6 is 23.2 Å². The average molecular weight is 466 g/mol. The van der Waals surface area contributed by atoms with Crippen molar-refractivity contribution in [3.05, 3.63) is 52.0 Å². The number of carbonyl (C=O) groups is 2. The van der Waals surface area contributed by atoms with Gasteiger partial charge >= 0.3 is 0 Å². The van der Waals surface area contributed by atoms with E-state index in [4.69, 9.17) is 27.9 Å². The number of nitrogens with zero attached hydrogens (tertiary/aromatic N) is 2. The van der Waals surface area contributed by atoms with Crippen molar-refractivity contribution in [3.8, 4) is 11.5 Å². The number of rotatable bonds is 8. The zero-order valence-corrected chi connectivity index (χ0v) is 18.7. The fourth-order valence-electron chi connectivity index (χ4n) is 3.36. The number of benzene rings is 2. The molecule has 1 heterocycles. The van der Waals surface area contributed by atoms with Gasteiger partial charge in [0.1, 0.15) is 11.5 Å². The van der Waals surface area contributed by atoms with Gasteiger partial charge in [-0.3, -0.25) is 14.5 Å². The molecule has 2 aromatic rings. The molecule has 7 nitrogen and oxygen atoms in total. The summed E-state index contributed by atoms with van der Waals surface area (Å²) in [5.41, 5.74) is 1.52. The summed E-state index contributed by atoms with van der Waals surface area (Å²) in [5, 5.41) is 13.3. The molecule has 0 radical (unpaired) electrons. The Morgan fingerprint density at radius 1 is 1.19 bits per heavy atom. The molecule has 166 valence electrons. The van der Waals surface area contributed by atoms with Crippen LogP contribution in [0.25, 0.3) is 0 Å². The van der Waals surface area contributed by atoms with Crippen LogP contribution in [0.15, 0.2) is 36.4 Å². The van der Waals surface area contributed by atoms with Gasteiger partial charge in [0, 0.05) is 44.2 Å². The van der Waals surface area contributed by atoms with E-state index in [0.29, 0.717) is 55.7 Å². The van der Waals surface area contributed by atoms with Crippen molar-refractivity contribution in [2.45, 2.75) is 19.9 Å². The lowest BCUT2D eigenvalue weighted by Crippen LogP contribution is -2.50. The molecule has 0 atom stereocenters. The molecule has 3 rings (SSSR count). The molecule has 2 N–H and O–H groups in total. The molecule has 31 heavy (non-hydrogen) atoms. The second-order valence-corrected chi connectivity index (χ2v) is 8.24. The van der Waals surface area contributed by atoms with Gasteiger partial charge in [0.15, 0.2) is 0 Å². The van der Waals surface area contributed by atoms with E-state index in [1.54, 1.807) is 0 Å². The SMILES string of the molecule is CC(=O)Nc1cc(Cl)c(O)cc1OCCCN1CCN(Cc2ccc(Cl)cc2)CC1=O. The van der Waals surface area contributed by atoms with Crippen LogP contribution in [0.2, 0.25) is 10.0 Å². The lowest BCUT2D eigenvalue weighted by atomic mass is 10.2. The van der Waals surface area contributed by atoms with Crippen LogP contribution in [0.1, 0.15) is 18.9 Å². The number of anilines is 1. The van der Waals surface area contributed by atoms with Crippen LogP contribution in [0.3, 0.4) is 0 Å². The molecule has 0 bridgehead atoms. The lowest BCUT2D eigenvalue weighted by Gasteiger charge is -2.34. The van der Waals surface area contributed by atoms with E-state index in [1.807, 2.05) is 29.2 Å². The summed E-state index contributed by atoms with van der Waals surface area (Å²) in [4.78, 5) is 27.8. The summed E-state index contributed by atoms with van der Waals surface area (Å²) in [6.07, 6.45) is 0.617. The van der Waals surface area contributed by atoms with Gasteiger partial charge in [0.2, 0.25) is 11.8 Å². The number of hydrogen-bond donors (Lipinski definition) is 2. The molecular formula is C22H25Cl2N3O4. The molecule has 2 aromatic carbocycles. The van der Waals surface area contributed by atoms with Gasteiger partial charge in [-0.1, -0.05) is 35.3 Å². The number of amides is 2. The maximum atomic E-state index is 12.5. The van der Waals surface area contributed by atoms with Gasteiger partial charge in [-0.05, 0) is 30.2 Å². The van der Waals surface area contributed by atoms with E-state index in [2.05, 4.69) is 10.2 Å². The van der Waals surface area contributed by atoms with Gasteiger partial charge in [-0.15, -0.1) is 0 Å². The Labute approximate surface area is 191 Å². The first-order valence-electron chi connectivity index (χ1n) is 9.99. The molecule has 0 unspecified atom stereocenters. The highest BCUT2D eigenvalue weighted by Crippen LogP contribution is 2.35. The molecule has 2 amide bonds. The van der Waals surface area contributed by atoms with E-state index < -0.39 is 0 Å². The molecule has 0 saturated carbocycles. The van der Waals surface area contributed by atoms with Gasteiger partial charge in [0.05, 0.1) is 23.9 Å². The number of halogens is 2. The van der Waals surface area contributed by atoms with E-state index in [-0.39, 0.29) is 22.6 Å². The molecule has 0 aliphatic carbocycles. The minimum absolute atomic E-state index is 0.0864. The van der Waals surface area contributed by atoms with Crippen molar-refractivity contribution in [1.82, 2.24) is 9.80 Å². The monoisotopic (exact) mass is 465 g/mol. The second-order valence-electron chi connectivity index (χ2n) is 7.40. The third-order valence-corrected chi connectivity index (χ3v) is 5.46. The van der Waals surface area contributed by atoms with E-state index in [1.165, 1.54) is 19.1 Å². The minimum Gasteiger partial charge on any atom is -0.506 e. The number of phenols is 1. The number of nitrogens with one attached hydrogen (secondary N) is 1. The molecule has 1 aliphatic heterocycles. The average Bonchev–Trinajstić information content (AvgIpc) is 2.71. The lowest BCUT2D eigenvalue weighted by molar-refractivity contribution is -0.136. The third-order valence-electron chi connectivity index (χ3n) is 4.91. The van der Waals surface area contributed by atoms with Gasteiger partial charge < -0.3 is 20.1 Å². The Hall–Kier alpha value is -2.48. The predicted molar refractivity (Wildman–Crippen MR) is 121 cm³/mol. The number of carbonyl (C=O) groups excluding carboxylic acids is 2. The molecule has 1 aliphatic rings. The summed E-state index contributed by atoms with van der Waals surface area (Å²) < 4.78 is 5.72. The summed E-state index contributed by atoms with van der Waals surface area (Å²) in [5.74, 6) is 0.0194. The van der Waals surface area contributed by atoms with Gasteiger partial charge in [-0.2, -0.15) is 0 Å². The summed E-state index contributed by atoms with van der Waals surface area (Å²) in [6.45, 7) is 4.82. The van der Waals surface area contributed by atoms with Crippen molar-refractivity contribution in [2.24, 2.45) is 0 Å². The number of aromatic hydroxyl groups is 1. The number of phenolic OH excluding ortho intramolecular Hbond substituents is 1. The number of hydrogen-bond acceptors (Lipinski definition) is 5. The van der Waals surface area contributed by atoms with E-state index in [9.17, 15) is 14.7 Å². The number of ether oxygens (including phenoxy) is 1. The second kappa shape index (κ2) is 10.7. The Balaban J connectivity index is 1.45. The minimum atomic E-state index is -0.270. The van der Waals surface area contributed by atoms with Crippen LogP contribution in [0.5, 0.6) is 11.5 Å². The van der Waals surface area contributed by atoms with Gasteiger partial charge in [0.25, 0.3) is 0 Å². The first-order chi connectivity index (χ1) is 14.8. The van der Waals surface area contributed by atoms with Crippen LogP contribution in [0.4, 0.5) is 5.69 Å². The van der Waals surface area contributed by atoms with Crippen LogP contribution < -0.4 is 10.1 Å². The molecule has 1 saturated heterocycles. The van der Waals surface area contributed by atoms with Crippen LogP contribution in [0, 0.1) is 0 Å². The molecule has 0 aromatic heterocycles. The van der Waals surface area contributed by atoms with Crippen LogP contribution in [-0.2, 0) is 16.1 Å². The Kier molecular flexibility index (Phi) is 8.01. The Morgan fingerprint density at radius 2 is 1.94 bits per heavy atom. The highest BCUT2D eigenvalue weighted by molar-refractivity contribution is 6.32. The van der Waals surface area contributed by atoms with Gasteiger partial charge in [-0.25, -0.2) is 0 Å². The molecule has 1 fully saturated rings. The third kappa shape index (κ3) is 6.75. The zero-order valence-electron chi connectivity index (χ0n) is 17.2. The summed E-state index contributed by atoms with van der Waals surface area (Å²) >= 11 is 11.8. The first kappa shape index (κ1) is 23.2. The maximum Gasteiger partial charge on any atom is 0.236 e. The van der Waals surface area contributed by atoms with Crippen molar-refractivity contribution < 1.29 is 19.4 Å². The van der Waals surface area contributed by atoms with Crippen LogP contribution in [-0.4, -0.2) is 59.5 Å². The zero-order chi connectivity index (χ0) is 22.4. The highest BCUT2D eigenvalue weighted by Gasteiger charge is 2.23. The maximum absolute atomic E-state index is 12.5. The first-order valence-corrected chi connectivity index (χ1v) is 10.7. The predicted octanol–water partition coefficient (Wildman–Crippen LogP) is 3.77. The summed E-state index contributed by atoms with van der Waals surface area (Å²) in [6, 6.07) is 10.5. The van der Waals surface area contributed by atoms with E-state index in [0.717, 1.165) is 12.1 Å². The van der Waals surface area contributed by atoms with Crippen molar-refractivity contribution in [2.75, 3.05) is 38.1 Å². The largest absolute Gasteiger partial charge is 0.506 e. The summed E-state index contributed by atoms with van der Waals surface area (Å²) in [7, 11) is 0.